The van der Waals surface area contributed by atoms with E-state index in [1.807, 2.05) is 0 Å². The van der Waals surface area contributed by atoms with Gasteiger partial charge in [-0.3, -0.25) is 0 Å². The molecule has 112 valence electrons. The van der Waals surface area contributed by atoms with Crippen LogP contribution in [0.1, 0.15) is 26.3 Å². The van der Waals surface area contributed by atoms with Crippen molar-refractivity contribution in [2.75, 3.05) is 19.5 Å². The Labute approximate surface area is 129 Å². The molecule has 6 heteroatoms. The van der Waals surface area contributed by atoms with Gasteiger partial charge in [-0.25, -0.2) is 0 Å². The Morgan fingerprint density at radius 3 is 2.24 bits per heavy atom. The number of anilines is 1. The summed E-state index contributed by atoms with van der Waals surface area (Å²) in [5.41, 5.74) is 1.45. The van der Waals surface area contributed by atoms with Gasteiger partial charge in [0.25, 0.3) is 0 Å². The number of ether oxygens (including phenoxy) is 1. The third kappa shape index (κ3) is 4.07. The Morgan fingerprint density at radius 2 is 1.71 bits per heavy atom. The molecule has 1 aromatic heterocycles. The van der Waals surface area contributed by atoms with Gasteiger partial charge >= 0.3 is 6.01 Å². The highest BCUT2D eigenvalue weighted by atomic mass is 32.2. The maximum absolute atomic E-state index is 5.08. The van der Waals surface area contributed by atoms with Crippen LogP contribution in [0.2, 0.25) is 0 Å². The summed E-state index contributed by atoms with van der Waals surface area (Å²) >= 11 is 1.48. The minimum absolute atomic E-state index is 0.152. The van der Waals surface area contributed by atoms with Crippen LogP contribution in [0, 0.1) is 0 Å². The van der Waals surface area contributed by atoms with E-state index in [1.165, 1.54) is 17.3 Å². The summed E-state index contributed by atoms with van der Waals surface area (Å²) in [5.74, 6) is 0.496. The monoisotopic (exact) mass is 304 g/mol. The summed E-state index contributed by atoms with van der Waals surface area (Å²) in [5, 5.41) is 3.51. The molecule has 0 bridgehead atoms. The number of methoxy groups -OCH3 is 1. The second-order valence-electron chi connectivity index (χ2n) is 5.55. The lowest BCUT2D eigenvalue weighted by molar-refractivity contribution is 0.374. The van der Waals surface area contributed by atoms with E-state index in [0.29, 0.717) is 17.1 Å². The minimum Gasteiger partial charge on any atom is -0.467 e. The molecule has 0 unspecified atom stereocenters. The van der Waals surface area contributed by atoms with Crippen molar-refractivity contribution in [3.05, 3.63) is 29.8 Å². The topological polar surface area (TPSA) is 59.9 Å². The van der Waals surface area contributed by atoms with Crippen molar-refractivity contribution >= 4 is 17.7 Å². The van der Waals surface area contributed by atoms with Gasteiger partial charge in [0.1, 0.15) is 0 Å². The van der Waals surface area contributed by atoms with Crippen LogP contribution in [0.5, 0.6) is 6.01 Å². The second-order valence-corrected chi connectivity index (χ2v) is 6.60. The standard InChI is InChI=1S/C15H20N4OS/c1-15(2,3)10-6-8-11(9-7-10)21-14-18-12(16-4)17-13(19-14)20-5/h6-9H,1-5H3,(H,16,17,18,19). The van der Waals surface area contributed by atoms with E-state index >= 15 is 0 Å². The predicted molar refractivity (Wildman–Crippen MR) is 85.2 cm³/mol. The van der Waals surface area contributed by atoms with Gasteiger partial charge in [0.2, 0.25) is 11.1 Å². The molecule has 0 atom stereocenters. The Bertz CT molecular complexity index is 586. The second kappa shape index (κ2) is 6.30. The SMILES string of the molecule is CNc1nc(OC)nc(Sc2ccc(C(C)(C)C)cc2)n1. The molecule has 2 rings (SSSR count). The van der Waals surface area contributed by atoms with Gasteiger partial charge in [-0.15, -0.1) is 0 Å². The Balaban J connectivity index is 2.22. The van der Waals surface area contributed by atoms with Gasteiger partial charge in [0.05, 0.1) is 7.11 Å². The molecule has 1 aromatic carbocycles. The van der Waals surface area contributed by atoms with Gasteiger partial charge in [0, 0.05) is 11.9 Å². The van der Waals surface area contributed by atoms with Crippen molar-refractivity contribution in [2.45, 2.75) is 36.2 Å². The predicted octanol–water partition coefficient (Wildman–Crippen LogP) is 3.37. The molecule has 1 heterocycles. The van der Waals surface area contributed by atoms with Crippen LogP contribution in [0.3, 0.4) is 0 Å². The molecule has 0 aliphatic carbocycles. The lowest BCUT2D eigenvalue weighted by Crippen LogP contribution is -2.10. The minimum atomic E-state index is 0.152. The Hall–Kier alpha value is -1.82. The third-order valence-corrected chi connectivity index (χ3v) is 3.80. The number of hydrogen-bond donors (Lipinski definition) is 1. The van der Waals surface area contributed by atoms with E-state index in [4.69, 9.17) is 4.74 Å². The smallest absolute Gasteiger partial charge is 0.321 e. The fourth-order valence-corrected chi connectivity index (χ4v) is 2.45. The van der Waals surface area contributed by atoms with E-state index in [2.05, 4.69) is 65.3 Å². The number of rotatable bonds is 4. The van der Waals surface area contributed by atoms with Crippen LogP contribution in [0.4, 0.5) is 5.95 Å². The largest absolute Gasteiger partial charge is 0.467 e. The Morgan fingerprint density at radius 1 is 1.05 bits per heavy atom. The molecule has 0 saturated heterocycles. The molecule has 0 fully saturated rings. The van der Waals surface area contributed by atoms with E-state index in [9.17, 15) is 0 Å². The molecular formula is C15H20N4OS. The van der Waals surface area contributed by atoms with E-state index in [1.54, 1.807) is 14.2 Å². The van der Waals surface area contributed by atoms with Crippen molar-refractivity contribution in [2.24, 2.45) is 0 Å². The van der Waals surface area contributed by atoms with Crippen molar-refractivity contribution in [3.63, 3.8) is 0 Å². The molecule has 5 nitrogen and oxygen atoms in total. The highest BCUT2D eigenvalue weighted by molar-refractivity contribution is 7.99. The van der Waals surface area contributed by atoms with Crippen molar-refractivity contribution in [3.8, 4) is 6.01 Å². The first-order valence-electron chi connectivity index (χ1n) is 6.68. The molecule has 0 amide bonds. The summed E-state index contributed by atoms with van der Waals surface area (Å²) in [4.78, 5) is 13.7. The van der Waals surface area contributed by atoms with Crippen LogP contribution in [-0.2, 0) is 5.41 Å². The number of hydrogen-bond acceptors (Lipinski definition) is 6. The molecule has 0 radical (unpaired) electrons. The molecule has 21 heavy (non-hydrogen) atoms. The average Bonchev–Trinajstić information content (AvgIpc) is 2.46. The normalized spacial score (nSPS) is 11.3. The van der Waals surface area contributed by atoms with Gasteiger partial charge < -0.3 is 10.1 Å². The fraction of sp³-hybridized carbons (Fsp3) is 0.400. The molecule has 0 spiro atoms. The molecule has 0 aliphatic rings. The molecule has 0 aliphatic heterocycles. The molecule has 1 N–H and O–H groups in total. The lowest BCUT2D eigenvalue weighted by Gasteiger charge is -2.18. The van der Waals surface area contributed by atoms with E-state index < -0.39 is 0 Å². The third-order valence-electron chi connectivity index (χ3n) is 2.93. The van der Waals surface area contributed by atoms with Gasteiger partial charge in [0.15, 0.2) is 0 Å². The highest BCUT2D eigenvalue weighted by Gasteiger charge is 2.13. The van der Waals surface area contributed by atoms with Crippen LogP contribution >= 0.6 is 11.8 Å². The summed E-state index contributed by atoms with van der Waals surface area (Å²) in [6.45, 7) is 6.60. The van der Waals surface area contributed by atoms with Crippen LogP contribution in [0.15, 0.2) is 34.3 Å². The average molecular weight is 304 g/mol. The number of benzene rings is 1. The summed E-state index contributed by atoms with van der Waals surface area (Å²) < 4.78 is 5.08. The number of aromatic nitrogens is 3. The summed E-state index contributed by atoms with van der Waals surface area (Å²) in [6.07, 6.45) is 0. The summed E-state index contributed by atoms with van der Waals surface area (Å²) in [6, 6.07) is 8.75. The zero-order valence-electron chi connectivity index (χ0n) is 13.0. The van der Waals surface area contributed by atoms with Gasteiger partial charge in [-0.2, -0.15) is 15.0 Å². The van der Waals surface area contributed by atoms with Crippen LogP contribution < -0.4 is 10.1 Å². The highest BCUT2D eigenvalue weighted by Crippen LogP contribution is 2.29. The maximum Gasteiger partial charge on any atom is 0.321 e. The van der Waals surface area contributed by atoms with Crippen molar-refractivity contribution in [1.82, 2.24) is 15.0 Å². The van der Waals surface area contributed by atoms with Crippen LogP contribution in [0.25, 0.3) is 0 Å². The Kier molecular flexibility index (Phi) is 4.67. The first-order chi connectivity index (χ1) is 9.92. The summed E-state index contributed by atoms with van der Waals surface area (Å²) in [7, 11) is 3.31. The first kappa shape index (κ1) is 15.6. The molecular weight excluding hydrogens is 284 g/mol. The van der Waals surface area contributed by atoms with Gasteiger partial charge in [-0.05, 0) is 34.9 Å². The van der Waals surface area contributed by atoms with E-state index in [-0.39, 0.29) is 5.41 Å². The van der Waals surface area contributed by atoms with Crippen molar-refractivity contribution in [1.29, 1.82) is 0 Å². The van der Waals surface area contributed by atoms with Crippen molar-refractivity contribution < 1.29 is 4.74 Å². The molecule has 0 saturated carbocycles. The van der Waals surface area contributed by atoms with Gasteiger partial charge in [-0.1, -0.05) is 32.9 Å². The maximum atomic E-state index is 5.08. The quantitative estimate of drug-likeness (QED) is 0.934. The fourth-order valence-electron chi connectivity index (χ4n) is 1.72. The zero-order chi connectivity index (χ0) is 15.5. The zero-order valence-corrected chi connectivity index (χ0v) is 13.8. The van der Waals surface area contributed by atoms with E-state index in [0.717, 1.165) is 4.90 Å². The lowest BCUT2D eigenvalue weighted by atomic mass is 9.87. The number of nitrogens with zero attached hydrogens (tertiary/aromatic N) is 3. The first-order valence-corrected chi connectivity index (χ1v) is 7.50. The number of nitrogens with one attached hydrogen (secondary N) is 1. The molecule has 2 aromatic rings. The van der Waals surface area contributed by atoms with Crippen LogP contribution in [-0.4, -0.2) is 29.1 Å².